The molecule has 0 fully saturated rings. The van der Waals surface area contributed by atoms with E-state index in [9.17, 15) is 21.6 Å². The van der Waals surface area contributed by atoms with Gasteiger partial charge in [-0.25, -0.2) is 13.2 Å². The van der Waals surface area contributed by atoms with Crippen LogP contribution in [0.3, 0.4) is 0 Å². The fourth-order valence-electron chi connectivity index (χ4n) is 2.18. The Labute approximate surface area is 175 Å². The Morgan fingerprint density at radius 2 is 1.27 bits per heavy atom. The van der Waals surface area contributed by atoms with Gasteiger partial charge in [0.2, 0.25) is 6.79 Å². The summed E-state index contributed by atoms with van der Waals surface area (Å²) in [6.45, 7) is -1.09. The summed E-state index contributed by atoms with van der Waals surface area (Å²) in [7, 11) is -8.03. The fraction of sp³-hybridized carbons (Fsp3) is 0.316. The first-order chi connectivity index (χ1) is 14.3. The highest BCUT2D eigenvalue weighted by atomic mass is 32.2. The summed E-state index contributed by atoms with van der Waals surface area (Å²) < 4.78 is 66.2. The molecule has 2 aromatic carbocycles. The third-order valence-electron chi connectivity index (χ3n) is 3.64. The minimum Gasteiger partial charge on any atom is -0.434 e. The second-order valence-electron chi connectivity index (χ2n) is 5.98. The molecule has 0 unspecified atom stereocenters. The molecule has 0 amide bonds. The molecule has 0 aliphatic heterocycles. The van der Waals surface area contributed by atoms with Crippen LogP contribution in [0.15, 0.2) is 60.7 Å². The van der Waals surface area contributed by atoms with Gasteiger partial charge in [-0.3, -0.25) is 0 Å². The number of rotatable bonds is 13. The highest BCUT2D eigenvalue weighted by molar-refractivity contribution is 7.87. The molecule has 0 radical (unpaired) electrons. The lowest BCUT2D eigenvalue weighted by atomic mass is 10.2. The molecule has 0 N–H and O–H groups in total. The maximum Gasteiger partial charge on any atom is 0.340 e. The van der Waals surface area contributed by atoms with E-state index in [1.54, 1.807) is 18.2 Å². The van der Waals surface area contributed by atoms with E-state index >= 15 is 0 Å². The van der Waals surface area contributed by atoms with Crippen LogP contribution in [0.5, 0.6) is 0 Å². The maximum absolute atomic E-state index is 11.8. The zero-order valence-electron chi connectivity index (χ0n) is 16.0. The van der Waals surface area contributed by atoms with E-state index in [-0.39, 0.29) is 18.6 Å². The number of carbonyl (C=O) groups is 1. The number of esters is 1. The molecule has 164 valence electrons. The Balaban J connectivity index is 1.62. The number of benzene rings is 2. The first-order valence-electron chi connectivity index (χ1n) is 8.85. The first kappa shape index (κ1) is 24.0. The van der Waals surface area contributed by atoms with Crippen molar-refractivity contribution in [2.45, 2.75) is 13.0 Å². The smallest absolute Gasteiger partial charge is 0.340 e. The molecule has 0 atom stereocenters. The summed E-state index contributed by atoms with van der Waals surface area (Å²) in [6.07, 6.45) is -0.254. The highest BCUT2D eigenvalue weighted by Gasteiger charge is 2.17. The molecule has 2 rings (SSSR count). The summed E-state index contributed by atoms with van der Waals surface area (Å²) in [4.78, 5) is 11.7. The van der Waals surface area contributed by atoms with Crippen molar-refractivity contribution < 1.29 is 39.5 Å². The van der Waals surface area contributed by atoms with Crippen LogP contribution in [0, 0.1) is 0 Å². The molecule has 0 heterocycles. The number of carbonyl (C=O) groups excluding carboxylic acids is 1. The quantitative estimate of drug-likeness (QED) is 0.192. The van der Waals surface area contributed by atoms with E-state index < -0.39 is 51.3 Å². The van der Waals surface area contributed by atoms with E-state index in [1.165, 1.54) is 12.1 Å². The molecule has 0 saturated carbocycles. The minimum absolute atomic E-state index is 0.181. The lowest BCUT2D eigenvalue weighted by molar-refractivity contribution is 0.00908. The van der Waals surface area contributed by atoms with Gasteiger partial charge in [0.15, 0.2) is 6.79 Å². The van der Waals surface area contributed by atoms with E-state index in [1.807, 2.05) is 30.3 Å². The third-order valence-corrected chi connectivity index (χ3v) is 6.13. The predicted molar refractivity (Wildman–Crippen MR) is 107 cm³/mol. The lowest BCUT2D eigenvalue weighted by Gasteiger charge is -2.08. The van der Waals surface area contributed by atoms with Crippen molar-refractivity contribution in [3.63, 3.8) is 0 Å². The number of ether oxygens (including phenoxy) is 2. The fourth-order valence-corrected chi connectivity index (χ4v) is 4.00. The number of hydrogen-bond donors (Lipinski definition) is 0. The van der Waals surface area contributed by atoms with Gasteiger partial charge in [0.05, 0.1) is 23.7 Å². The summed E-state index contributed by atoms with van der Waals surface area (Å²) in [6, 6.07) is 17.1. The molecule has 2 aromatic rings. The van der Waals surface area contributed by atoms with Crippen molar-refractivity contribution in [2.75, 3.05) is 25.1 Å². The van der Waals surface area contributed by atoms with Gasteiger partial charge in [-0.05, 0) is 24.1 Å². The predicted octanol–water partition coefficient (Wildman–Crippen LogP) is 2.06. The van der Waals surface area contributed by atoms with Gasteiger partial charge < -0.3 is 9.47 Å². The lowest BCUT2D eigenvalue weighted by Crippen LogP contribution is -2.19. The second kappa shape index (κ2) is 11.8. The van der Waals surface area contributed by atoms with Gasteiger partial charge in [-0.15, -0.1) is 0 Å². The van der Waals surface area contributed by atoms with Gasteiger partial charge in [-0.1, -0.05) is 48.5 Å². The third kappa shape index (κ3) is 9.46. The van der Waals surface area contributed by atoms with Crippen LogP contribution in [0.4, 0.5) is 0 Å². The normalized spacial score (nSPS) is 11.9. The van der Waals surface area contributed by atoms with Gasteiger partial charge >= 0.3 is 5.97 Å². The molecule has 0 saturated heterocycles. The second-order valence-corrected chi connectivity index (χ2v) is 9.50. The zero-order chi connectivity index (χ0) is 21.9. The van der Waals surface area contributed by atoms with E-state index in [4.69, 9.17) is 9.47 Å². The molecule has 0 aliphatic carbocycles. The molecular formula is C19H22O9S2. The van der Waals surface area contributed by atoms with Crippen molar-refractivity contribution in [3.05, 3.63) is 71.8 Å². The van der Waals surface area contributed by atoms with E-state index in [0.29, 0.717) is 0 Å². The van der Waals surface area contributed by atoms with Gasteiger partial charge in [0, 0.05) is 0 Å². The van der Waals surface area contributed by atoms with Crippen molar-refractivity contribution in [2.24, 2.45) is 0 Å². The number of hydrogen-bond acceptors (Lipinski definition) is 9. The molecular weight excluding hydrogens is 436 g/mol. The van der Waals surface area contributed by atoms with Crippen LogP contribution < -0.4 is 0 Å². The summed E-state index contributed by atoms with van der Waals surface area (Å²) in [5.74, 6) is -1.85. The summed E-state index contributed by atoms with van der Waals surface area (Å²) in [5.41, 5.74) is 1.10. The van der Waals surface area contributed by atoms with Crippen LogP contribution in [0.1, 0.15) is 22.3 Å². The average Bonchev–Trinajstić information content (AvgIpc) is 2.72. The summed E-state index contributed by atoms with van der Waals surface area (Å²) in [5, 5.41) is 0. The Morgan fingerprint density at radius 1 is 0.733 bits per heavy atom. The molecule has 30 heavy (non-hydrogen) atoms. The molecule has 0 aromatic heterocycles. The highest BCUT2D eigenvalue weighted by Crippen LogP contribution is 2.06. The molecule has 0 bridgehead atoms. The van der Waals surface area contributed by atoms with Crippen LogP contribution in [0.2, 0.25) is 0 Å². The minimum atomic E-state index is -4.07. The zero-order valence-corrected chi connectivity index (χ0v) is 17.6. The van der Waals surface area contributed by atoms with Gasteiger partial charge in [0.1, 0.15) is 0 Å². The van der Waals surface area contributed by atoms with E-state index in [0.717, 1.165) is 5.56 Å². The topological polar surface area (TPSA) is 122 Å². The Bertz CT molecular complexity index is 989. The molecule has 11 heteroatoms. The average molecular weight is 459 g/mol. The summed E-state index contributed by atoms with van der Waals surface area (Å²) >= 11 is 0. The Hall–Kier alpha value is -2.31. The van der Waals surface area contributed by atoms with Crippen molar-refractivity contribution in [1.29, 1.82) is 0 Å². The monoisotopic (exact) mass is 458 g/mol. The van der Waals surface area contributed by atoms with Crippen LogP contribution in [-0.4, -0.2) is 47.9 Å². The van der Waals surface area contributed by atoms with Crippen LogP contribution in [0.25, 0.3) is 0 Å². The standard InChI is InChI=1S/C19H22O9S2/c20-19(18-10-5-2-6-11-18)26-16-28-30(23,24)13-7-12-29(21,22)27-15-25-14-17-8-3-1-4-9-17/h1-6,8-11H,7,12-16H2. The van der Waals surface area contributed by atoms with Gasteiger partial charge in [-0.2, -0.15) is 16.8 Å². The molecule has 9 nitrogen and oxygen atoms in total. The van der Waals surface area contributed by atoms with Crippen molar-refractivity contribution in [3.8, 4) is 0 Å². The first-order valence-corrected chi connectivity index (χ1v) is 12.0. The van der Waals surface area contributed by atoms with Crippen LogP contribution in [-0.2, 0) is 44.7 Å². The van der Waals surface area contributed by atoms with Crippen molar-refractivity contribution >= 4 is 26.2 Å². The van der Waals surface area contributed by atoms with E-state index in [2.05, 4.69) is 8.37 Å². The largest absolute Gasteiger partial charge is 0.434 e. The van der Waals surface area contributed by atoms with Crippen LogP contribution >= 0.6 is 0 Å². The molecule has 0 spiro atoms. The molecule has 0 aliphatic rings. The SMILES string of the molecule is O=C(OCOS(=O)(=O)CCCS(=O)(=O)OCOCc1ccccc1)c1ccccc1. The van der Waals surface area contributed by atoms with Gasteiger partial charge in [0.25, 0.3) is 20.2 Å². The maximum atomic E-state index is 11.8. The Morgan fingerprint density at radius 3 is 1.87 bits per heavy atom. The van der Waals surface area contributed by atoms with Crippen molar-refractivity contribution in [1.82, 2.24) is 0 Å². The Kier molecular flexibility index (Phi) is 9.40.